The Bertz CT molecular complexity index is 671. The van der Waals surface area contributed by atoms with E-state index in [1.54, 1.807) is 11.2 Å². The van der Waals surface area contributed by atoms with E-state index in [2.05, 4.69) is 17.3 Å². The summed E-state index contributed by atoms with van der Waals surface area (Å²) < 4.78 is 5.78. The topological polar surface area (TPSA) is 36.9 Å². The van der Waals surface area contributed by atoms with Crippen LogP contribution in [0.2, 0.25) is 0 Å². The second kappa shape index (κ2) is 10.5. The summed E-state index contributed by atoms with van der Waals surface area (Å²) in [7, 11) is 1.84. The van der Waals surface area contributed by atoms with E-state index in [1.807, 2.05) is 61.6 Å². The number of ether oxygens (including phenoxy) is 1. The van der Waals surface area contributed by atoms with Gasteiger partial charge < -0.3 is 10.1 Å². The SMILES string of the molecule is CCCCNC(=S)N(C)/N=C\c1ccc(OCc2ccccc2)cc1. The van der Waals surface area contributed by atoms with Crippen LogP contribution in [-0.2, 0) is 6.61 Å². The van der Waals surface area contributed by atoms with Crippen molar-refractivity contribution in [1.82, 2.24) is 10.3 Å². The number of nitrogens with zero attached hydrogens (tertiary/aromatic N) is 2. The highest BCUT2D eigenvalue weighted by Gasteiger charge is 2.00. The number of hydrogen-bond acceptors (Lipinski definition) is 3. The number of rotatable bonds is 8. The molecule has 5 heteroatoms. The molecule has 0 aliphatic heterocycles. The molecule has 0 atom stereocenters. The first-order valence-corrected chi connectivity index (χ1v) is 8.92. The van der Waals surface area contributed by atoms with Gasteiger partial charge in [0, 0.05) is 13.6 Å². The summed E-state index contributed by atoms with van der Waals surface area (Å²) in [5, 5.41) is 9.85. The molecule has 2 aromatic rings. The largest absolute Gasteiger partial charge is 0.489 e. The van der Waals surface area contributed by atoms with Crippen LogP contribution >= 0.6 is 12.2 Å². The highest BCUT2D eigenvalue weighted by atomic mass is 32.1. The van der Waals surface area contributed by atoms with E-state index in [0.717, 1.165) is 36.3 Å². The number of hydrazone groups is 1. The lowest BCUT2D eigenvalue weighted by atomic mass is 10.2. The fourth-order valence-corrected chi connectivity index (χ4v) is 2.23. The molecule has 0 saturated heterocycles. The van der Waals surface area contributed by atoms with Gasteiger partial charge in [0.1, 0.15) is 12.4 Å². The zero-order chi connectivity index (χ0) is 17.9. The summed E-state index contributed by atoms with van der Waals surface area (Å²) in [6.07, 6.45) is 4.03. The monoisotopic (exact) mass is 355 g/mol. The lowest BCUT2D eigenvalue weighted by Gasteiger charge is -2.15. The molecule has 25 heavy (non-hydrogen) atoms. The van der Waals surface area contributed by atoms with E-state index in [4.69, 9.17) is 17.0 Å². The molecular weight excluding hydrogens is 330 g/mol. The average Bonchev–Trinajstić information content (AvgIpc) is 2.66. The molecule has 2 aromatic carbocycles. The predicted molar refractivity (Wildman–Crippen MR) is 108 cm³/mol. The van der Waals surface area contributed by atoms with Gasteiger partial charge in [0.25, 0.3) is 0 Å². The van der Waals surface area contributed by atoms with E-state index in [-0.39, 0.29) is 0 Å². The van der Waals surface area contributed by atoms with Crippen molar-refractivity contribution in [2.24, 2.45) is 5.10 Å². The van der Waals surface area contributed by atoms with Gasteiger partial charge in [-0.15, -0.1) is 0 Å². The van der Waals surface area contributed by atoms with Crippen LogP contribution in [0.25, 0.3) is 0 Å². The summed E-state index contributed by atoms with van der Waals surface area (Å²) in [5.74, 6) is 0.839. The predicted octanol–water partition coefficient (Wildman–Crippen LogP) is 4.21. The van der Waals surface area contributed by atoms with Crippen LogP contribution in [0.4, 0.5) is 0 Å². The van der Waals surface area contributed by atoms with Crippen LogP contribution in [0, 0.1) is 0 Å². The number of nitrogens with one attached hydrogen (secondary N) is 1. The van der Waals surface area contributed by atoms with Crippen LogP contribution in [0.3, 0.4) is 0 Å². The molecule has 0 aromatic heterocycles. The van der Waals surface area contributed by atoms with Crippen LogP contribution in [0.1, 0.15) is 30.9 Å². The van der Waals surface area contributed by atoms with Gasteiger partial charge >= 0.3 is 0 Å². The summed E-state index contributed by atoms with van der Waals surface area (Å²) in [5.41, 5.74) is 2.15. The fourth-order valence-electron chi connectivity index (χ4n) is 2.08. The third kappa shape index (κ3) is 6.93. The Hall–Kier alpha value is -2.40. The maximum absolute atomic E-state index is 5.78. The molecule has 0 spiro atoms. The lowest BCUT2D eigenvalue weighted by Crippen LogP contribution is -2.34. The Labute approximate surface area is 155 Å². The van der Waals surface area contributed by atoms with Crippen molar-refractivity contribution in [3.63, 3.8) is 0 Å². The molecule has 0 unspecified atom stereocenters. The van der Waals surface area contributed by atoms with Crippen LogP contribution in [-0.4, -0.2) is 29.9 Å². The Balaban J connectivity index is 1.81. The molecular formula is C20H25N3OS. The zero-order valence-corrected chi connectivity index (χ0v) is 15.6. The second-order valence-electron chi connectivity index (χ2n) is 5.70. The molecule has 0 aliphatic rings. The van der Waals surface area contributed by atoms with Crippen LogP contribution in [0.15, 0.2) is 59.7 Å². The van der Waals surface area contributed by atoms with E-state index in [1.165, 1.54) is 0 Å². The molecule has 0 amide bonds. The van der Waals surface area contributed by atoms with Gasteiger partial charge in [-0.05, 0) is 54.0 Å². The van der Waals surface area contributed by atoms with Gasteiger partial charge in [0.05, 0.1) is 6.21 Å². The highest BCUT2D eigenvalue weighted by molar-refractivity contribution is 7.80. The van der Waals surface area contributed by atoms with Crippen molar-refractivity contribution in [2.75, 3.05) is 13.6 Å². The maximum Gasteiger partial charge on any atom is 0.189 e. The van der Waals surface area contributed by atoms with Gasteiger partial charge in [-0.25, -0.2) is 5.01 Å². The molecule has 132 valence electrons. The molecule has 4 nitrogen and oxygen atoms in total. The summed E-state index contributed by atoms with van der Waals surface area (Å²) >= 11 is 5.29. The van der Waals surface area contributed by atoms with Crippen molar-refractivity contribution in [1.29, 1.82) is 0 Å². The number of thiocarbonyl (C=S) groups is 1. The number of hydrogen-bond donors (Lipinski definition) is 1. The average molecular weight is 356 g/mol. The van der Waals surface area contributed by atoms with E-state index >= 15 is 0 Å². The summed E-state index contributed by atoms with van der Waals surface area (Å²) in [6.45, 7) is 3.59. The van der Waals surface area contributed by atoms with Crippen molar-refractivity contribution in [3.8, 4) is 5.75 Å². The first-order valence-electron chi connectivity index (χ1n) is 8.51. The number of benzene rings is 2. The molecule has 2 rings (SSSR count). The number of unbranched alkanes of at least 4 members (excludes halogenated alkanes) is 1. The second-order valence-corrected chi connectivity index (χ2v) is 6.08. The highest BCUT2D eigenvalue weighted by Crippen LogP contribution is 2.13. The minimum atomic E-state index is 0.564. The third-order valence-electron chi connectivity index (χ3n) is 3.61. The van der Waals surface area contributed by atoms with Crippen molar-refractivity contribution in [2.45, 2.75) is 26.4 Å². The van der Waals surface area contributed by atoms with Gasteiger partial charge in [-0.2, -0.15) is 5.10 Å². The van der Waals surface area contributed by atoms with Crippen LogP contribution in [0.5, 0.6) is 5.75 Å². The molecule has 0 fully saturated rings. The standard InChI is InChI=1S/C20H25N3OS/c1-3-4-14-21-20(25)23(2)22-15-17-10-12-19(13-11-17)24-16-18-8-6-5-7-9-18/h5-13,15H,3-4,14,16H2,1-2H3,(H,21,25)/b22-15-. The Kier molecular flexibility index (Phi) is 7.92. The Morgan fingerprint density at radius 3 is 2.56 bits per heavy atom. The Morgan fingerprint density at radius 2 is 1.88 bits per heavy atom. The molecule has 0 aliphatic carbocycles. The quantitative estimate of drug-likeness (QED) is 0.333. The van der Waals surface area contributed by atoms with E-state index in [0.29, 0.717) is 11.7 Å². The molecule has 0 saturated carbocycles. The van der Waals surface area contributed by atoms with Crippen molar-refractivity contribution in [3.05, 3.63) is 65.7 Å². The van der Waals surface area contributed by atoms with Gasteiger partial charge in [-0.1, -0.05) is 43.7 Å². The van der Waals surface area contributed by atoms with E-state index < -0.39 is 0 Å². The smallest absolute Gasteiger partial charge is 0.189 e. The van der Waals surface area contributed by atoms with E-state index in [9.17, 15) is 0 Å². The van der Waals surface area contributed by atoms with Gasteiger partial charge in [-0.3, -0.25) is 0 Å². The van der Waals surface area contributed by atoms with Gasteiger partial charge in [0.2, 0.25) is 0 Å². The molecule has 0 radical (unpaired) electrons. The summed E-state index contributed by atoms with van der Waals surface area (Å²) in [4.78, 5) is 0. The zero-order valence-electron chi connectivity index (χ0n) is 14.8. The minimum absolute atomic E-state index is 0.564. The van der Waals surface area contributed by atoms with Crippen molar-refractivity contribution < 1.29 is 4.74 Å². The maximum atomic E-state index is 5.78. The normalized spacial score (nSPS) is 10.6. The fraction of sp³-hybridized carbons (Fsp3) is 0.300. The molecule has 0 heterocycles. The first kappa shape index (κ1) is 18.9. The minimum Gasteiger partial charge on any atom is -0.489 e. The summed E-state index contributed by atoms with van der Waals surface area (Å²) in [6, 6.07) is 18.0. The lowest BCUT2D eigenvalue weighted by molar-refractivity contribution is 0.306. The molecule has 1 N–H and O–H groups in total. The van der Waals surface area contributed by atoms with Crippen LogP contribution < -0.4 is 10.1 Å². The first-order chi connectivity index (χ1) is 12.2. The third-order valence-corrected chi connectivity index (χ3v) is 4.02. The van der Waals surface area contributed by atoms with Gasteiger partial charge in [0.15, 0.2) is 5.11 Å². The molecule has 0 bridgehead atoms. The Morgan fingerprint density at radius 1 is 1.16 bits per heavy atom. The van der Waals surface area contributed by atoms with Crippen molar-refractivity contribution >= 4 is 23.5 Å².